The predicted octanol–water partition coefficient (Wildman–Crippen LogP) is 4.45. The van der Waals surface area contributed by atoms with Gasteiger partial charge >= 0.3 is 0 Å². The van der Waals surface area contributed by atoms with Crippen molar-refractivity contribution in [3.63, 3.8) is 0 Å². The van der Waals surface area contributed by atoms with Gasteiger partial charge in [-0.1, -0.05) is 36.4 Å². The molecule has 4 rings (SSSR count). The molecular formula is C22H20N2O3. The van der Waals surface area contributed by atoms with Crippen molar-refractivity contribution in [3.05, 3.63) is 66.2 Å². The van der Waals surface area contributed by atoms with Crippen molar-refractivity contribution in [1.82, 2.24) is 0 Å². The molecule has 0 bridgehead atoms. The zero-order valence-corrected chi connectivity index (χ0v) is 15.2. The normalized spacial score (nSPS) is 15.3. The minimum atomic E-state index is -0.620. The fourth-order valence-corrected chi connectivity index (χ4v) is 3.07. The maximum Gasteiger partial charge on any atom is 0.256 e. The summed E-state index contributed by atoms with van der Waals surface area (Å²) >= 11 is 0. The fourth-order valence-electron chi connectivity index (χ4n) is 3.07. The van der Waals surface area contributed by atoms with Gasteiger partial charge in [-0.05, 0) is 48.9 Å². The molecular weight excluding hydrogens is 340 g/mol. The zero-order chi connectivity index (χ0) is 19.0. The van der Waals surface area contributed by atoms with Gasteiger partial charge in [0.05, 0.1) is 11.1 Å². The second-order valence-electron chi connectivity index (χ2n) is 7.32. The lowest BCUT2D eigenvalue weighted by Gasteiger charge is -2.18. The first kappa shape index (κ1) is 17.1. The minimum absolute atomic E-state index is 0.112. The summed E-state index contributed by atoms with van der Waals surface area (Å²) < 4.78 is 5.74. The Balaban J connectivity index is 1.62. The maximum atomic E-state index is 12.8. The van der Waals surface area contributed by atoms with Gasteiger partial charge in [-0.3, -0.25) is 9.59 Å². The third kappa shape index (κ3) is 3.24. The highest BCUT2D eigenvalue weighted by Gasteiger charge is 2.32. The average Bonchev–Trinajstić information content (AvgIpc) is 2.77. The zero-order valence-electron chi connectivity index (χ0n) is 15.2. The van der Waals surface area contributed by atoms with Crippen molar-refractivity contribution >= 4 is 34.0 Å². The Labute approximate surface area is 157 Å². The SMILES string of the molecule is CC1(C)COc2ccc(NC(=O)c3cccc4ccccc34)cc2NC1=O. The number of fused-ring (bicyclic) bond motifs is 2. The molecule has 0 aromatic heterocycles. The van der Waals surface area contributed by atoms with Crippen LogP contribution < -0.4 is 15.4 Å². The summed E-state index contributed by atoms with van der Waals surface area (Å²) in [6.45, 7) is 3.96. The summed E-state index contributed by atoms with van der Waals surface area (Å²) in [6.07, 6.45) is 0. The third-order valence-corrected chi connectivity index (χ3v) is 4.72. The molecule has 1 aliphatic rings. The lowest BCUT2D eigenvalue weighted by Crippen LogP contribution is -2.33. The maximum absolute atomic E-state index is 12.8. The van der Waals surface area contributed by atoms with Gasteiger partial charge in [-0.15, -0.1) is 0 Å². The van der Waals surface area contributed by atoms with E-state index in [2.05, 4.69) is 10.6 Å². The van der Waals surface area contributed by atoms with Gasteiger partial charge in [-0.25, -0.2) is 0 Å². The molecule has 1 heterocycles. The van der Waals surface area contributed by atoms with Crippen molar-refractivity contribution in [2.24, 2.45) is 5.41 Å². The molecule has 0 saturated heterocycles. The van der Waals surface area contributed by atoms with Gasteiger partial charge in [-0.2, -0.15) is 0 Å². The van der Waals surface area contributed by atoms with Crippen LogP contribution in [0.2, 0.25) is 0 Å². The first-order chi connectivity index (χ1) is 12.9. The molecule has 0 fully saturated rings. The van der Waals surface area contributed by atoms with Gasteiger partial charge in [0.2, 0.25) is 5.91 Å². The Morgan fingerprint density at radius 1 is 1.07 bits per heavy atom. The topological polar surface area (TPSA) is 67.4 Å². The standard InChI is InChI=1S/C22H20N2O3/c1-22(2)13-27-19-11-10-15(12-18(19)24-21(22)26)23-20(25)17-9-5-7-14-6-3-4-8-16(14)17/h3-12H,13H2,1-2H3,(H,23,25)(H,24,26). The number of nitrogens with one attached hydrogen (secondary N) is 2. The molecule has 2 amide bonds. The Morgan fingerprint density at radius 3 is 2.70 bits per heavy atom. The van der Waals surface area contributed by atoms with E-state index in [-0.39, 0.29) is 11.8 Å². The Bertz CT molecular complexity index is 1050. The molecule has 1 aliphatic heterocycles. The van der Waals surface area contributed by atoms with Crippen LogP contribution in [0.5, 0.6) is 5.75 Å². The van der Waals surface area contributed by atoms with E-state index in [0.29, 0.717) is 29.3 Å². The molecule has 3 aromatic carbocycles. The third-order valence-electron chi connectivity index (χ3n) is 4.72. The minimum Gasteiger partial charge on any atom is -0.490 e. The van der Waals surface area contributed by atoms with Gasteiger partial charge in [0.15, 0.2) is 0 Å². The quantitative estimate of drug-likeness (QED) is 0.709. The van der Waals surface area contributed by atoms with Crippen LogP contribution >= 0.6 is 0 Å². The largest absolute Gasteiger partial charge is 0.490 e. The summed E-state index contributed by atoms with van der Waals surface area (Å²) in [7, 11) is 0. The van der Waals surface area contributed by atoms with Crippen molar-refractivity contribution in [3.8, 4) is 5.75 Å². The first-order valence-corrected chi connectivity index (χ1v) is 8.81. The first-order valence-electron chi connectivity index (χ1n) is 8.81. The van der Waals surface area contributed by atoms with Gasteiger partial charge in [0, 0.05) is 11.3 Å². The van der Waals surface area contributed by atoms with E-state index in [9.17, 15) is 9.59 Å². The molecule has 3 aromatic rings. The van der Waals surface area contributed by atoms with Crippen LogP contribution in [0.4, 0.5) is 11.4 Å². The summed E-state index contributed by atoms with van der Waals surface area (Å²) in [5, 5.41) is 7.69. The van der Waals surface area contributed by atoms with Crippen LogP contribution in [-0.2, 0) is 4.79 Å². The highest BCUT2D eigenvalue weighted by molar-refractivity contribution is 6.13. The number of hydrogen-bond donors (Lipinski definition) is 2. The second-order valence-corrected chi connectivity index (χ2v) is 7.32. The number of carbonyl (C=O) groups excluding carboxylic acids is 2. The van der Waals surface area contributed by atoms with Gasteiger partial charge in [0.25, 0.3) is 5.91 Å². The summed E-state index contributed by atoms with van der Waals surface area (Å²) in [6, 6.07) is 18.7. The lowest BCUT2D eigenvalue weighted by molar-refractivity contribution is -0.124. The number of ether oxygens (including phenoxy) is 1. The number of rotatable bonds is 2. The van der Waals surface area contributed by atoms with E-state index in [0.717, 1.165) is 10.8 Å². The molecule has 0 aliphatic carbocycles. The van der Waals surface area contributed by atoms with E-state index in [1.807, 2.05) is 50.2 Å². The average molecular weight is 360 g/mol. The summed E-state index contributed by atoms with van der Waals surface area (Å²) in [5.41, 5.74) is 1.13. The van der Waals surface area contributed by atoms with Gasteiger partial charge in [0.1, 0.15) is 12.4 Å². The van der Waals surface area contributed by atoms with E-state index >= 15 is 0 Å². The molecule has 5 heteroatoms. The summed E-state index contributed by atoms with van der Waals surface area (Å²) in [5.74, 6) is 0.281. The monoisotopic (exact) mass is 360 g/mol. The van der Waals surface area contributed by atoms with E-state index < -0.39 is 5.41 Å². The Morgan fingerprint density at radius 2 is 1.85 bits per heavy atom. The molecule has 136 valence electrons. The lowest BCUT2D eigenvalue weighted by atomic mass is 9.94. The van der Waals surface area contributed by atoms with Crippen molar-refractivity contribution in [2.75, 3.05) is 17.2 Å². The Hall–Kier alpha value is -3.34. The molecule has 0 unspecified atom stereocenters. The van der Waals surface area contributed by atoms with Crippen LogP contribution in [0, 0.1) is 5.41 Å². The summed E-state index contributed by atoms with van der Waals surface area (Å²) in [4.78, 5) is 25.1. The number of hydrogen-bond acceptors (Lipinski definition) is 3. The van der Waals surface area contributed by atoms with Crippen molar-refractivity contribution in [2.45, 2.75) is 13.8 Å². The number of benzene rings is 3. The molecule has 27 heavy (non-hydrogen) atoms. The molecule has 0 radical (unpaired) electrons. The highest BCUT2D eigenvalue weighted by Crippen LogP contribution is 2.34. The number of anilines is 2. The van der Waals surface area contributed by atoms with Crippen LogP contribution in [0.25, 0.3) is 10.8 Å². The Kier molecular flexibility index (Phi) is 4.07. The van der Waals surface area contributed by atoms with Crippen LogP contribution in [0.15, 0.2) is 60.7 Å². The highest BCUT2D eigenvalue weighted by atomic mass is 16.5. The predicted molar refractivity (Wildman–Crippen MR) is 106 cm³/mol. The van der Waals surface area contributed by atoms with Gasteiger partial charge < -0.3 is 15.4 Å². The molecule has 5 nitrogen and oxygen atoms in total. The van der Waals surface area contributed by atoms with E-state index in [4.69, 9.17) is 4.74 Å². The van der Waals surface area contributed by atoms with E-state index in [1.54, 1.807) is 24.3 Å². The van der Waals surface area contributed by atoms with Crippen molar-refractivity contribution < 1.29 is 14.3 Å². The molecule has 0 atom stereocenters. The molecule has 0 saturated carbocycles. The number of amides is 2. The second kappa shape index (κ2) is 6.43. The fraction of sp³-hybridized carbons (Fsp3) is 0.182. The van der Waals surface area contributed by atoms with Crippen LogP contribution in [0.3, 0.4) is 0 Å². The molecule has 2 N–H and O–H groups in total. The van der Waals surface area contributed by atoms with Crippen molar-refractivity contribution in [1.29, 1.82) is 0 Å². The molecule has 0 spiro atoms. The number of carbonyl (C=O) groups is 2. The van der Waals surface area contributed by atoms with E-state index in [1.165, 1.54) is 0 Å². The van der Waals surface area contributed by atoms with Crippen LogP contribution in [-0.4, -0.2) is 18.4 Å². The smallest absolute Gasteiger partial charge is 0.256 e. The van der Waals surface area contributed by atoms with Crippen LogP contribution in [0.1, 0.15) is 24.2 Å².